The van der Waals surface area contributed by atoms with Crippen LogP contribution in [0.5, 0.6) is 11.5 Å². The maximum absolute atomic E-state index is 13.2. The third kappa shape index (κ3) is 5.01. The Balaban J connectivity index is 1.75. The molecule has 1 saturated heterocycles. The summed E-state index contributed by atoms with van der Waals surface area (Å²) in [5.74, 6) is 0.206. The van der Waals surface area contributed by atoms with E-state index in [1.165, 1.54) is 24.1 Å². The van der Waals surface area contributed by atoms with Gasteiger partial charge in [-0.15, -0.1) is 0 Å². The van der Waals surface area contributed by atoms with Crippen LogP contribution in [0.3, 0.4) is 0 Å². The Labute approximate surface area is 163 Å². The van der Waals surface area contributed by atoms with E-state index in [1.807, 2.05) is 0 Å². The smallest absolute Gasteiger partial charge is 0.261 e. The predicted octanol–water partition coefficient (Wildman–Crippen LogP) is 2.43. The van der Waals surface area contributed by atoms with E-state index < -0.39 is 15.9 Å². The van der Waals surface area contributed by atoms with Gasteiger partial charge in [-0.2, -0.15) is 0 Å². The van der Waals surface area contributed by atoms with Crippen LogP contribution < -0.4 is 9.47 Å². The first kappa shape index (κ1) is 20.1. The van der Waals surface area contributed by atoms with Gasteiger partial charge in [0.05, 0.1) is 18.6 Å². The van der Waals surface area contributed by atoms with Crippen LogP contribution in [0, 0.1) is 5.82 Å². The molecular formula is C20H22FNO5S. The molecule has 1 amide bonds. The second kappa shape index (κ2) is 8.60. The molecule has 0 radical (unpaired) electrons. The first-order valence-electron chi connectivity index (χ1n) is 8.88. The standard InChI is InChI=1S/C20H22FNO5S/c1-26-18-4-2-3-5-19(18)27-13-20(23)22(17-10-11-28(24,25)14-17)12-15-6-8-16(21)9-7-15/h2-9,17H,10-14H2,1H3. The third-order valence-electron chi connectivity index (χ3n) is 4.66. The number of methoxy groups -OCH3 is 1. The number of benzene rings is 2. The summed E-state index contributed by atoms with van der Waals surface area (Å²) >= 11 is 0. The summed E-state index contributed by atoms with van der Waals surface area (Å²) < 4.78 is 47.8. The SMILES string of the molecule is COc1ccccc1OCC(=O)N(Cc1ccc(F)cc1)C1CCS(=O)(=O)C1. The average molecular weight is 407 g/mol. The fraction of sp³-hybridized carbons (Fsp3) is 0.350. The lowest BCUT2D eigenvalue weighted by Gasteiger charge is -2.28. The number of rotatable bonds is 7. The molecule has 2 aromatic rings. The van der Waals surface area contributed by atoms with E-state index in [9.17, 15) is 17.6 Å². The van der Waals surface area contributed by atoms with E-state index in [0.717, 1.165) is 5.56 Å². The molecule has 0 N–H and O–H groups in total. The highest BCUT2D eigenvalue weighted by Crippen LogP contribution is 2.26. The lowest BCUT2D eigenvalue weighted by molar-refractivity contribution is -0.136. The van der Waals surface area contributed by atoms with Crippen LogP contribution in [0.2, 0.25) is 0 Å². The summed E-state index contributed by atoms with van der Waals surface area (Å²) in [7, 11) is -1.66. The minimum Gasteiger partial charge on any atom is -0.493 e. The Bertz CT molecular complexity index is 930. The molecule has 0 aliphatic carbocycles. The van der Waals surface area contributed by atoms with E-state index in [2.05, 4.69) is 0 Å². The molecular weight excluding hydrogens is 385 g/mol. The van der Waals surface area contributed by atoms with Gasteiger partial charge < -0.3 is 14.4 Å². The molecule has 1 unspecified atom stereocenters. The highest BCUT2D eigenvalue weighted by atomic mass is 32.2. The zero-order valence-corrected chi connectivity index (χ0v) is 16.3. The zero-order chi connectivity index (χ0) is 20.1. The molecule has 1 aliphatic rings. The lowest BCUT2D eigenvalue weighted by atomic mass is 10.1. The Hall–Kier alpha value is -2.61. The quantitative estimate of drug-likeness (QED) is 0.705. The van der Waals surface area contributed by atoms with Crippen molar-refractivity contribution in [2.75, 3.05) is 25.2 Å². The number of amides is 1. The summed E-state index contributed by atoms with van der Waals surface area (Å²) in [5.41, 5.74) is 0.719. The monoisotopic (exact) mass is 407 g/mol. The Kier molecular flexibility index (Phi) is 6.18. The van der Waals surface area contributed by atoms with E-state index in [0.29, 0.717) is 17.9 Å². The minimum atomic E-state index is -3.17. The summed E-state index contributed by atoms with van der Waals surface area (Å²) in [5, 5.41) is 0. The van der Waals surface area contributed by atoms with Crippen molar-refractivity contribution in [1.82, 2.24) is 4.90 Å². The van der Waals surface area contributed by atoms with Crippen molar-refractivity contribution in [2.45, 2.75) is 19.0 Å². The van der Waals surface area contributed by atoms with Crippen LogP contribution in [-0.4, -0.2) is 50.5 Å². The fourth-order valence-corrected chi connectivity index (χ4v) is 4.92. The van der Waals surface area contributed by atoms with Gasteiger partial charge in [-0.3, -0.25) is 4.79 Å². The van der Waals surface area contributed by atoms with Gasteiger partial charge in [-0.25, -0.2) is 12.8 Å². The molecule has 1 fully saturated rings. The molecule has 2 aromatic carbocycles. The van der Waals surface area contributed by atoms with Crippen LogP contribution in [0.15, 0.2) is 48.5 Å². The third-order valence-corrected chi connectivity index (χ3v) is 6.41. The molecule has 150 valence electrons. The van der Waals surface area contributed by atoms with Crippen molar-refractivity contribution >= 4 is 15.7 Å². The van der Waals surface area contributed by atoms with E-state index in [4.69, 9.17) is 9.47 Å². The van der Waals surface area contributed by atoms with Crippen molar-refractivity contribution in [3.63, 3.8) is 0 Å². The van der Waals surface area contributed by atoms with Crippen molar-refractivity contribution in [2.24, 2.45) is 0 Å². The van der Waals surface area contributed by atoms with Gasteiger partial charge in [-0.1, -0.05) is 24.3 Å². The number of nitrogens with zero attached hydrogens (tertiary/aromatic N) is 1. The number of hydrogen-bond donors (Lipinski definition) is 0. The van der Waals surface area contributed by atoms with Gasteiger partial charge in [0, 0.05) is 12.6 Å². The topological polar surface area (TPSA) is 72.9 Å². The molecule has 0 bridgehead atoms. The lowest BCUT2D eigenvalue weighted by Crippen LogP contribution is -2.43. The molecule has 0 saturated carbocycles. The van der Waals surface area contributed by atoms with Gasteiger partial charge in [0.1, 0.15) is 5.82 Å². The van der Waals surface area contributed by atoms with Gasteiger partial charge in [0.2, 0.25) is 0 Å². The first-order chi connectivity index (χ1) is 13.4. The number of carbonyl (C=O) groups excluding carboxylic acids is 1. The van der Waals surface area contributed by atoms with Gasteiger partial charge in [-0.05, 0) is 36.2 Å². The van der Waals surface area contributed by atoms with Gasteiger partial charge in [0.25, 0.3) is 5.91 Å². The number of sulfone groups is 1. The second-order valence-electron chi connectivity index (χ2n) is 6.64. The van der Waals surface area contributed by atoms with E-state index in [-0.39, 0.29) is 36.4 Å². The zero-order valence-electron chi connectivity index (χ0n) is 15.5. The Morgan fingerprint density at radius 1 is 1.14 bits per heavy atom. The maximum Gasteiger partial charge on any atom is 0.261 e. The van der Waals surface area contributed by atoms with Gasteiger partial charge in [0.15, 0.2) is 27.9 Å². The van der Waals surface area contributed by atoms with Crippen molar-refractivity contribution in [3.05, 3.63) is 59.9 Å². The highest BCUT2D eigenvalue weighted by Gasteiger charge is 2.34. The van der Waals surface area contributed by atoms with E-state index in [1.54, 1.807) is 36.4 Å². The average Bonchev–Trinajstić information content (AvgIpc) is 3.05. The largest absolute Gasteiger partial charge is 0.493 e. The molecule has 0 aromatic heterocycles. The van der Waals surface area contributed by atoms with Crippen LogP contribution in [0.25, 0.3) is 0 Å². The summed E-state index contributed by atoms with van der Waals surface area (Å²) in [4.78, 5) is 14.4. The normalized spacial score (nSPS) is 17.9. The fourth-order valence-electron chi connectivity index (χ4n) is 3.19. The first-order valence-corrected chi connectivity index (χ1v) is 10.7. The Morgan fingerprint density at radius 2 is 1.82 bits per heavy atom. The number of hydrogen-bond acceptors (Lipinski definition) is 5. The number of carbonyl (C=O) groups is 1. The molecule has 28 heavy (non-hydrogen) atoms. The molecule has 6 nitrogen and oxygen atoms in total. The molecule has 1 atom stereocenters. The van der Waals surface area contributed by atoms with E-state index >= 15 is 0 Å². The second-order valence-corrected chi connectivity index (χ2v) is 8.87. The molecule has 3 rings (SSSR count). The number of para-hydroxylation sites is 2. The van der Waals surface area contributed by atoms with Crippen LogP contribution >= 0.6 is 0 Å². The van der Waals surface area contributed by atoms with Crippen molar-refractivity contribution < 1.29 is 27.1 Å². The Morgan fingerprint density at radius 3 is 2.43 bits per heavy atom. The summed E-state index contributed by atoms with van der Waals surface area (Å²) in [6, 6.07) is 12.3. The van der Waals surface area contributed by atoms with Crippen molar-refractivity contribution in [3.8, 4) is 11.5 Å². The van der Waals surface area contributed by atoms with Crippen molar-refractivity contribution in [1.29, 1.82) is 0 Å². The van der Waals surface area contributed by atoms with Crippen LogP contribution in [0.1, 0.15) is 12.0 Å². The molecule has 0 spiro atoms. The molecule has 1 aliphatic heterocycles. The maximum atomic E-state index is 13.2. The molecule has 8 heteroatoms. The highest BCUT2D eigenvalue weighted by molar-refractivity contribution is 7.91. The predicted molar refractivity (Wildman–Crippen MR) is 102 cm³/mol. The minimum absolute atomic E-state index is 0.0538. The van der Waals surface area contributed by atoms with Crippen LogP contribution in [-0.2, 0) is 21.2 Å². The van der Waals surface area contributed by atoms with Gasteiger partial charge >= 0.3 is 0 Å². The molecule has 1 heterocycles. The summed E-state index contributed by atoms with van der Waals surface area (Å²) in [6.45, 7) is -0.0628. The van der Waals surface area contributed by atoms with Crippen LogP contribution in [0.4, 0.5) is 4.39 Å². The number of ether oxygens (including phenoxy) is 2. The number of halogens is 1. The summed E-state index contributed by atoms with van der Waals surface area (Å²) in [6.07, 6.45) is 0.379.